The molecule has 1 aliphatic rings. The van der Waals surface area contributed by atoms with Crippen molar-refractivity contribution in [2.75, 3.05) is 21.3 Å². The largest absolute Gasteiger partial charge is 0.497 e. The van der Waals surface area contributed by atoms with Gasteiger partial charge in [0, 0.05) is 12.6 Å². The van der Waals surface area contributed by atoms with Gasteiger partial charge in [-0.25, -0.2) is 5.01 Å². The van der Waals surface area contributed by atoms with Crippen LogP contribution in [0.4, 0.5) is 0 Å². The van der Waals surface area contributed by atoms with E-state index in [9.17, 15) is 10.0 Å². The number of hydrogen-bond donors (Lipinski definition) is 2. The van der Waals surface area contributed by atoms with Crippen molar-refractivity contribution in [2.24, 2.45) is 10.3 Å². The molecule has 2 rings (SSSR count). The minimum absolute atomic E-state index is 0.237. The molecule has 2 N–H and O–H groups in total. The third kappa shape index (κ3) is 2.32. The minimum atomic E-state index is -1.58. The molecule has 1 heterocycles. The molecule has 1 atom stereocenters. The summed E-state index contributed by atoms with van der Waals surface area (Å²) in [4.78, 5) is 17.2. The number of methoxy groups -OCH3 is 1. The lowest BCUT2D eigenvalue weighted by molar-refractivity contribution is -0.133. The van der Waals surface area contributed by atoms with Crippen molar-refractivity contribution in [1.29, 1.82) is 0 Å². The summed E-state index contributed by atoms with van der Waals surface area (Å²) in [5.41, 5.74) is 1.68. The summed E-state index contributed by atoms with van der Waals surface area (Å²) in [5, 5.41) is 18.9. The van der Waals surface area contributed by atoms with Crippen molar-refractivity contribution in [2.45, 2.75) is 12.5 Å². The summed E-state index contributed by atoms with van der Waals surface area (Å²) >= 11 is 0. The molecule has 0 saturated carbocycles. The number of rotatable bonds is 5. The third-order valence-corrected chi connectivity index (χ3v) is 3.52. The topological polar surface area (TPSA) is 95.7 Å². The molecule has 0 bridgehead atoms. The number of hydrogen-bond acceptors (Lipinski definition) is 7. The van der Waals surface area contributed by atoms with Crippen LogP contribution in [0.5, 0.6) is 5.75 Å². The molecule has 0 aromatic heterocycles. The van der Waals surface area contributed by atoms with Crippen LogP contribution >= 0.6 is 0 Å². The van der Waals surface area contributed by atoms with E-state index in [0.717, 1.165) is 5.01 Å². The molecule has 1 aromatic carbocycles. The highest BCUT2D eigenvalue weighted by Crippen LogP contribution is 2.27. The average Bonchev–Trinajstić information content (AvgIpc) is 2.80. The lowest BCUT2D eigenvalue weighted by atomic mass is 9.85. The van der Waals surface area contributed by atoms with Gasteiger partial charge in [-0.2, -0.15) is 10.6 Å². The molecule has 0 saturated heterocycles. The summed E-state index contributed by atoms with van der Waals surface area (Å²) in [6.07, 6.45) is 0. The van der Waals surface area contributed by atoms with Crippen LogP contribution in [-0.4, -0.2) is 54.4 Å². The third-order valence-electron chi connectivity index (χ3n) is 3.52. The highest BCUT2D eigenvalue weighted by Gasteiger charge is 2.53. The van der Waals surface area contributed by atoms with Gasteiger partial charge in [0.1, 0.15) is 18.6 Å². The molecule has 0 spiro atoms. The summed E-state index contributed by atoms with van der Waals surface area (Å²) in [7, 11) is 4.43. The van der Waals surface area contributed by atoms with Crippen molar-refractivity contribution >= 4 is 17.3 Å². The van der Waals surface area contributed by atoms with E-state index in [0.29, 0.717) is 17.0 Å². The van der Waals surface area contributed by atoms with Gasteiger partial charge >= 0.3 is 0 Å². The second kappa shape index (κ2) is 6.12. The monoisotopic (exact) mass is 306 g/mol. The first-order chi connectivity index (χ1) is 10.5. The fourth-order valence-electron chi connectivity index (χ4n) is 2.35. The number of benzene rings is 1. The number of nitrogens with zero attached hydrogens (tertiary/aromatic N) is 3. The van der Waals surface area contributed by atoms with E-state index >= 15 is 0 Å². The lowest BCUT2D eigenvalue weighted by Gasteiger charge is -2.26. The van der Waals surface area contributed by atoms with Crippen molar-refractivity contribution in [1.82, 2.24) is 10.5 Å². The molecule has 0 radical (unpaired) electrons. The fourth-order valence-corrected chi connectivity index (χ4v) is 2.35. The Hall–Kier alpha value is -2.45. The molecule has 8 nitrogen and oxygen atoms in total. The molecule has 1 amide bonds. The maximum Gasteiger partial charge on any atom is 0.277 e. The predicted molar refractivity (Wildman–Crippen MR) is 80.1 cm³/mol. The van der Waals surface area contributed by atoms with E-state index in [4.69, 9.17) is 9.57 Å². The van der Waals surface area contributed by atoms with Gasteiger partial charge in [-0.05, 0) is 31.2 Å². The van der Waals surface area contributed by atoms with Gasteiger partial charge < -0.3 is 14.8 Å². The minimum Gasteiger partial charge on any atom is -0.497 e. The summed E-state index contributed by atoms with van der Waals surface area (Å²) < 4.78 is 5.11. The molecule has 8 heteroatoms. The molecule has 0 fully saturated rings. The molecule has 1 aliphatic heterocycles. The quantitative estimate of drug-likeness (QED) is 0.614. The van der Waals surface area contributed by atoms with Gasteiger partial charge in [0.2, 0.25) is 5.54 Å². The van der Waals surface area contributed by atoms with Gasteiger partial charge in [0.15, 0.2) is 0 Å². The van der Waals surface area contributed by atoms with E-state index in [2.05, 4.69) is 15.7 Å². The Morgan fingerprint density at radius 1 is 1.36 bits per heavy atom. The molecule has 1 unspecified atom stereocenters. The van der Waals surface area contributed by atoms with E-state index in [-0.39, 0.29) is 5.71 Å². The first-order valence-electron chi connectivity index (χ1n) is 6.52. The zero-order chi connectivity index (χ0) is 16.3. The van der Waals surface area contributed by atoms with E-state index < -0.39 is 11.4 Å². The Kier molecular flexibility index (Phi) is 4.43. The van der Waals surface area contributed by atoms with Crippen molar-refractivity contribution in [3.8, 4) is 5.75 Å². The maximum atomic E-state index is 12.5. The Labute approximate surface area is 128 Å². The van der Waals surface area contributed by atoms with Gasteiger partial charge in [-0.3, -0.25) is 4.79 Å². The predicted octanol–water partition coefficient (Wildman–Crippen LogP) is 0.611. The Bertz CT molecular complexity index is 626. The highest BCUT2D eigenvalue weighted by atomic mass is 16.6. The van der Waals surface area contributed by atoms with Crippen LogP contribution in [0.15, 0.2) is 34.5 Å². The summed E-state index contributed by atoms with van der Waals surface area (Å²) in [6, 6.07) is 6.98. The molecular weight excluding hydrogens is 288 g/mol. The number of ether oxygens (including phenoxy) is 1. The highest BCUT2D eigenvalue weighted by molar-refractivity contribution is 6.37. The van der Waals surface area contributed by atoms with E-state index in [1.807, 2.05) is 0 Å². The number of likely N-dealkylation sites (N-methyl/N-ethyl adjacent to an activating group) is 1. The van der Waals surface area contributed by atoms with Crippen LogP contribution in [0, 0.1) is 0 Å². The smallest absolute Gasteiger partial charge is 0.277 e. The number of amides is 1. The number of hydrazone groups is 1. The van der Waals surface area contributed by atoms with E-state index in [1.165, 1.54) is 14.2 Å². The van der Waals surface area contributed by atoms with Gasteiger partial charge in [0.05, 0.1) is 12.8 Å². The average molecular weight is 306 g/mol. The van der Waals surface area contributed by atoms with Crippen LogP contribution in [0.1, 0.15) is 12.5 Å². The van der Waals surface area contributed by atoms with Crippen molar-refractivity contribution in [3.05, 3.63) is 29.8 Å². The SMILES string of the molecule is CO/N=C(\C)C1(NO)C(=O)N(C)N=C1c1ccc(OC)cc1. The zero-order valence-electron chi connectivity index (χ0n) is 12.8. The molecular formula is C14H18N4O4. The van der Waals surface area contributed by atoms with Crippen LogP contribution in [0.2, 0.25) is 0 Å². The van der Waals surface area contributed by atoms with Crippen LogP contribution in [0.25, 0.3) is 0 Å². The molecule has 22 heavy (non-hydrogen) atoms. The van der Waals surface area contributed by atoms with E-state index in [1.54, 1.807) is 38.3 Å². The van der Waals surface area contributed by atoms with Crippen molar-refractivity contribution < 1.29 is 19.6 Å². The van der Waals surface area contributed by atoms with Crippen molar-refractivity contribution in [3.63, 3.8) is 0 Å². The van der Waals surface area contributed by atoms with Gasteiger partial charge in [-0.1, -0.05) is 5.16 Å². The summed E-state index contributed by atoms with van der Waals surface area (Å²) in [5.74, 6) is 0.214. The number of nitrogens with one attached hydrogen (secondary N) is 1. The number of hydroxylamine groups is 1. The Morgan fingerprint density at radius 2 is 2.00 bits per heavy atom. The van der Waals surface area contributed by atoms with Crippen LogP contribution < -0.4 is 10.2 Å². The maximum absolute atomic E-state index is 12.5. The number of carbonyl (C=O) groups is 1. The standard InChI is InChI=1S/C14H18N4O4/c1-9(16-22-4)14(17-20)12(15-18(2)13(14)19)10-5-7-11(21-3)8-6-10/h5-8,17,20H,1-4H3/b16-9+. The number of carbonyl (C=O) groups excluding carboxylic acids is 1. The molecule has 1 aromatic rings. The normalized spacial score (nSPS) is 21.9. The molecule has 118 valence electrons. The van der Waals surface area contributed by atoms with Crippen LogP contribution in [-0.2, 0) is 9.63 Å². The first-order valence-corrected chi connectivity index (χ1v) is 6.52. The fraction of sp³-hybridized carbons (Fsp3) is 0.357. The first kappa shape index (κ1) is 15.9. The summed E-state index contributed by atoms with van der Waals surface area (Å²) in [6.45, 7) is 1.57. The van der Waals surface area contributed by atoms with Crippen LogP contribution in [0.3, 0.4) is 0 Å². The number of oxime groups is 1. The van der Waals surface area contributed by atoms with Gasteiger partial charge in [0.25, 0.3) is 5.91 Å². The van der Waals surface area contributed by atoms with Gasteiger partial charge in [-0.15, -0.1) is 0 Å². The second-order valence-electron chi connectivity index (χ2n) is 4.73. The lowest BCUT2D eigenvalue weighted by Crippen LogP contribution is -2.61. The second-order valence-corrected chi connectivity index (χ2v) is 4.73. The molecule has 0 aliphatic carbocycles. The Morgan fingerprint density at radius 3 is 2.50 bits per heavy atom. The Balaban J connectivity index is 2.57. The zero-order valence-corrected chi connectivity index (χ0v) is 12.8.